The van der Waals surface area contributed by atoms with Gasteiger partial charge in [-0.1, -0.05) is 37.8 Å². The summed E-state index contributed by atoms with van der Waals surface area (Å²) in [5, 5.41) is 18.3. The van der Waals surface area contributed by atoms with Gasteiger partial charge < -0.3 is 0 Å². The van der Waals surface area contributed by atoms with E-state index in [1.54, 1.807) is 0 Å². The van der Waals surface area contributed by atoms with E-state index < -0.39 is 5.41 Å². The number of carbonyl (C=O) groups excluding carboxylic acids is 2. The van der Waals surface area contributed by atoms with Crippen LogP contribution in [0.25, 0.3) is 11.0 Å². The van der Waals surface area contributed by atoms with Crippen molar-refractivity contribution in [2.75, 3.05) is 12.0 Å². The molecule has 0 unspecified atom stereocenters. The van der Waals surface area contributed by atoms with Gasteiger partial charge in [0.05, 0.1) is 17.5 Å². The van der Waals surface area contributed by atoms with Gasteiger partial charge in [0, 0.05) is 0 Å². The zero-order valence-electron chi connectivity index (χ0n) is 15.3. The van der Waals surface area contributed by atoms with Crippen LogP contribution >= 0.6 is 0 Å². The molecule has 3 N–H and O–H groups in total. The van der Waals surface area contributed by atoms with E-state index in [1.807, 2.05) is 25.1 Å². The van der Waals surface area contributed by atoms with E-state index in [2.05, 4.69) is 26.0 Å². The summed E-state index contributed by atoms with van der Waals surface area (Å²) < 4.78 is 0. The first-order valence-corrected chi connectivity index (χ1v) is 9.11. The molecular formula is C18H24N6O3. The number of amides is 2. The van der Waals surface area contributed by atoms with Gasteiger partial charge in [0.2, 0.25) is 12.3 Å². The number of hydrogen-bond acceptors (Lipinski definition) is 7. The van der Waals surface area contributed by atoms with Gasteiger partial charge in [0.1, 0.15) is 5.52 Å². The van der Waals surface area contributed by atoms with Gasteiger partial charge in [-0.15, -0.1) is 10.2 Å². The molecule has 0 saturated heterocycles. The third kappa shape index (κ3) is 4.30. The van der Waals surface area contributed by atoms with Gasteiger partial charge in [-0.3, -0.25) is 25.6 Å². The Hall–Kier alpha value is -2.81. The van der Waals surface area contributed by atoms with Crippen LogP contribution in [0.15, 0.2) is 18.2 Å². The second-order valence-corrected chi connectivity index (χ2v) is 7.05. The van der Waals surface area contributed by atoms with Crippen molar-refractivity contribution in [2.24, 2.45) is 5.41 Å². The predicted octanol–water partition coefficient (Wildman–Crippen LogP) is 1.96. The standard InChI is InChI=1S/C18H24N6O3/c1-13-7-6-8-14-15(13)19-17(22-20-14)23-21-16(26)18(11-24(27)12-25)9-4-2-3-5-10-18/h6-8,12,27H,2-5,9-11H2,1H3,(H,21,26)(H,19,22,23). The number of carbonyl (C=O) groups is 2. The van der Waals surface area contributed by atoms with Crippen LogP contribution in [0.2, 0.25) is 0 Å². The number of nitrogens with zero attached hydrogens (tertiary/aromatic N) is 4. The molecule has 2 amide bonds. The molecule has 1 aromatic carbocycles. The summed E-state index contributed by atoms with van der Waals surface area (Å²) in [5.74, 6) is -0.107. The van der Waals surface area contributed by atoms with Crippen LogP contribution in [0, 0.1) is 12.3 Å². The number of nitrogens with one attached hydrogen (secondary N) is 2. The fourth-order valence-electron chi connectivity index (χ4n) is 3.61. The number of benzene rings is 1. The first-order chi connectivity index (χ1) is 13.0. The van der Waals surface area contributed by atoms with E-state index in [0.29, 0.717) is 35.3 Å². The van der Waals surface area contributed by atoms with Gasteiger partial charge >= 0.3 is 0 Å². The Labute approximate surface area is 157 Å². The Morgan fingerprint density at radius 3 is 2.70 bits per heavy atom. The molecule has 1 saturated carbocycles. The highest BCUT2D eigenvalue weighted by Gasteiger charge is 2.40. The molecule has 144 valence electrons. The topological polar surface area (TPSA) is 120 Å². The highest BCUT2D eigenvalue weighted by Crippen LogP contribution is 2.36. The number of hydrazine groups is 1. The second-order valence-electron chi connectivity index (χ2n) is 7.05. The first kappa shape index (κ1) is 19.0. The Kier molecular flexibility index (Phi) is 5.80. The molecule has 1 heterocycles. The van der Waals surface area contributed by atoms with Crippen molar-refractivity contribution in [3.8, 4) is 0 Å². The van der Waals surface area contributed by atoms with Crippen molar-refractivity contribution in [1.82, 2.24) is 25.7 Å². The Balaban J connectivity index is 1.75. The number of hydroxylamine groups is 2. The fraction of sp³-hybridized carbons (Fsp3) is 0.500. The molecule has 0 spiro atoms. The number of para-hydroxylation sites is 1. The van der Waals surface area contributed by atoms with Gasteiger partial charge in [-0.05, 0) is 31.4 Å². The number of aromatic nitrogens is 3. The minimum absolute atomic E-state index is 0.0417. The van der Waals surface area contributed by atoms with Crippen LogP contribution in [0.5, 0.6) is 0 Å². The van der Waals surface area contributed by atoms with Crippen molar-refractivity contribution < 1.29 is 14.8 Å². The van der Waals surface area contributed by atoms with E-state index in [-0.39, 0.29) is 18.4 Å². The number of hydrogen-bond donors (Lipinski definition) is 3. The molecule has 9 nitrogen and oxygen atoms in total. The average Bonchev–Trinajstić information content (AvgIpc) is 2.93. The molecular weight excluding hydrogens is 348 g/mol. The molecule has 1 aliphatic carbocycles. The Morgan fingerprint density at radius 1 is 1.26 bits per heavy atom. The largest absolute Gasteiger partial charge is 0.286 e. The number of aryl methyl sites for hydroxylation is 1. The number of rotatable bonds is 6. The lowest BCUT2D eigenvalue weighted by atomic mass is 9.79. The maximum Gasteiger partial charge on any atom is 0.262 e. The molecule has 1 aromatic heterocycles. The zero-order valence-corrected chi connectivity index (χ0v) is 15.3. The van der Waals surface area contributed by atoms with E-state index in [0.717, 1.165) is 31.2 Å². The molecule has 1 fully saturated rings. The molecule has 3 rings (SSSR count). The summed E-state index contributed by atoms with van der Waals surface area (Å²) in [7, 11) is 0. The van der Waals surface area contributed by atoms with E-state index in [4.69, 9.17) is 0 Å². The van der Waals surface area contributed by atoms with Crippen LogP contribution in [0.3, 0.4) is 0 Å². The van der Waals surface area contributed by atoms with Gasteiger partial charge in [0.15, 0.2) is 0 Å². The summed E-state index contributed by atoms with van der Waals surface area (Å²) in [4.78, 5) is 28.2. The Bertz CT molecular complexity index is 820. The molecule has 27 heavy (non-hydrogen) atoms. The zero-order chi connectivity index (χ0) is 19.3. The normalized spacial score (nSPS) is 16.4. The van der Waals surface area contributed by atoms with Crippen molar-refractivity contribution in [3.05, 3.63) is 23.8 Å². The predicted molar refractivity (Wildman–Crippen MR) is 98.5 cm³/mol. The number of anilines is 1. The van der Waals surface area contributed by atoms with Gasteiger partial charge in [0.25, 0.3) is 5.95 Å². The van der Waals surface area contributed by atoms with Crippen LogP contribution in [0.1, 0.15) is 44.1 Å². The lowest BCUT2D eigenvalue weighted by Crippen LogP contribution is -2.49. The molecule has 0 atom stereocenters. The monoisotopic (exact) mass is 372 g/mol. The molecule has 2 aromatic rings. The summed E-state index contributed by atoms with van der Waals surface area (Å²) in [6.45, 7) is 1.88. The molecule has 1 aliphatic rings. The lowest BCUT2D eigenvalue weighted by molar-refractivity contribution is -0.161. The summed E-state index contributed by atoms with van der Waals surface area (Å²) in [6.07, 6.45) is 5.33. The molecule has 0 aliphatic heterocycles. The van der Waals surface area contributed by atoms with E-state index in [9.17, 15) is 14.8 Å². The van der Waals surface area contributed by atoms with Crippen LogP contribution < -0.4 is 10.9 Å². The highest BCUT2D eigenvalue weighted by atomic mass is 16.5. The second kappa shape index (κ2) is 8.26. The number of fused-ring (bicyclic) bond motifs is 1. The highest BCUT2D eigenvalue weighted by molar-refractivity contribution is 5.84. The lowest BCUT2D eigenvalue weighted by Gasteiger charge is -2.32. The third-order valence-corrected chi connectivity index (χ3v) is 5.10. The third-order valence-electron chi connectivity index (χ3n) is 5.10. The van der Waals surface area contributed by atoms with E-state index >= 15 is 0 Å². The smallest absolute Gasteiger partial charge is 0.262 e. The summed E-state index contributed by atoms with van der Waals surface area (Å²) in [6, 6.07) is 5.63. The van der Waals surface area contributed by atoms with Crippen molar-refractivity contribution in [1.29, 1.82) is 0 Å². The molecule has 0 radical (unpaired) electrons. The van der Waals surface area contributed by atoms with E-state index in [1.165, 1.54) is 0 Å². The molecule has 0 bridgehead atoms. The minimum atomic E-state index is -0.848. The van der Waals surface area contributed by atoms with Gasteiger partial charge in [-0.25, -0.2) is 10.0 Å². The van der Waals surface area contributed by atoms with Crippen LogP contribution in [-0.4, -0.2) is 44.3 Å². The quantitative estimate of drug-likeness (QED) is 0.307. The van der Waals surface area contributed by atoms with Crippen molar-refractivity contribution >= 4 is 29.3 Å². The fourth-order valence-corrected chi connectivity index (χ4v) is 3.61. The van der Waals surface area contributed by atoms with Crippen molar-refractivity contribution in [2.45, 2.75) is 45.4 Å². The van der Waals surface area contributed by atoms with Gasteiger partial charge in [-0.2, -0.15) is 0 Å². The van der Waals surface area contributed by atoms with Crippen molar-refractivity contribution in [3.63, 3.8) is 0 Å². The first-order valence-electron chi connectivity index (χ1n) is 9.11. The molecule has 9 heteroatoms. The minimum Gasteiger partial charge on any atom is -0.286 e. The summed E-state index contributed by atoms with van der Waals surface area (Å²) in [5.41, 5.74) is 6.86. The average molecular weight is 372 g/mol. The Morgan fingerprint density at radius 2 is 2.00 bits per heavy atom. The maximum absolute atomic E-state index is 12.9. The summed E-state index contributed by atoms with van der Waals surface area (Å²) >= 11 is 0. The van der Waals surface area contributed by atoms with Crippen LogP contribution in [0.4, 0.5) is 5.95 Å². The van der Waals surface area contributed by atoms with Crippen LogP contribution in [-0.2, 0) is 9.59 Å². The maximum atomic E-state index is 12.9. The SMILES string of the molecule is Cc1cccc2nnc(NNC(=O)C3(CN(O)C=O)CCCCCC3)nc12.